The highest BCUT2D eigenvalue weighted by atomic mass is 35.5. The van der Waals surface area contributed by atoms with Gasteiger partial charge < -0.3 is 4.90 Å². The van der Waals surface area contributed by atoms with Crippen LogP contribution in [0.3, 0.4) is 0 Å². The second-order valence-electron chi connectivity index (χ2n) is 6.64. The van der Waals surface area contributed by atoms with E-state index in [1.54, 1.807) is 23.4 Å². The third-order valence-corrected chi connectivity index (χ3v) is 5.49. The van der Waals surface area contributed by atoms with Crippen molar-refractivity contribution in [1.29, 1.82) is 0 Å². The molecule has 4 rings (SSSR count). The molecule has 0 saturated carbocycles. The maximum Gasteiger partial charge on any atom is 0.255 e. The zero-order valence-corrected chi connectivity index (χ0v) is 15.7. The Morgan fingerprint density at radius 3 is 2.81 bits per heavy atom. The maximum absolute atomic E-state index is 13.1. The summed E-state index contributed by atoms with van der Waals surface area (Å²) >= 11 is 6.35. The van der Waals surface area contributed by atoms with Crippen LogP contribution in [0.15, 0.2) is 42.9 Å². The second kappa shape index (κ2) is 6.78. The summed E-state index contributed by atoms with van der Waals surface area (Å²) in [7, 11) is 0. The molecule has 1 aromatic carbocycles. The molecule has 5 nitrogen and oxygen atoms in total. The minimum Gasteiger partial charge on any atom is -0.330 e. The minimum absolute atomic E-state index is 0.101. The van der Waals surface area contributed by atoms with Gasteiger partial charge in [-0.15, -0.1) is 0 Å². The zero-order valence-electron chi connectivity index (χ0n) is 15.0. The maximum atomic E-state index is 13.1. The minimum atomic E-state index is -0.382. The predicted molar refractivity (Wildman–Crippen MR) is 101 cm³/mol. The number of rotatable bonds is 2. The van der Waals surface area contributed by atoms with Gasteiger partial charge in [0.2, 0.25) is 0 Å². The van der Waals surface area contributed by atoms with Crippen LogP contribution in [0.5, 0.6) is 0 Å². The summed E-state index contributed by atoms with van der Waals surface area (Å²) in [5.74, 6) is 0.128. The van der Waals surface area contributed by atoms with Crippen LogP contribution in [0.2, 0.25) is 5.02 Å². The predicted octanol–water partition coefficient (Wildman–Crippen LogP) is 4.13. The van der Waals surface area contributed by atoms with Crippen molar-refractivity contribution in [3.05, 3.63) is 76.2 Å². The molecule has 7 heteroatoms. The Labute approximate surface area is 161 Å². The molecule has 3 aromatic rings. The van der Waals surface area contributed by atoms with Crippen LogP contribution in [0.1, 0.15) is 40.3 Å². The van der Waals surface area contributed by atoms with Gasteiger partial charge in [0.05, 0.1) is 34.2 Å². The van der Waals surface area contributed by atoms with Crippen molar-refractivity contribution in [2.24, 2.45) is 0 Å². The summed E-state index contributed by atoms with van der Waals surface area (Å²) in [6.45, 7) is 4.38. The number of benzene rings is 1. The Kier molecular flexibility index (Phi) is 4.44. The molecule has 1 amide bonds. The van der Waals surface area contributed by atoms with Crippen molar-refractivity contribution in [2.45, 2.75) is 26.3 Å². The Hall–Kier alpha value is -2.73. The van der Waals surface area contributed by atoms with Crippen molar-refractivity contribution < 1.29 is 9.18 Å². The Balaban J connectivity index is 1.66. The molecule has 1 aliphatic heterocycles. The third kappa shape index (κ3) is 3.00. The summed E-state index contributed by atoms with van der Waals surface area (Å²) in [6.07, 6.45) is 3.49. The largest absolute Gasteiger partial charge is 0.330 e. The van der Waals surface area contributed by atoms with E-state index in [1.807, 2.05) is 30.5 Å². The molecule has 0 bridgehead atoms. The first-order valence-electron chi connectivity index (χ1n) is 8.71. The van der Waals surface area contributed by atoms with E-state index in [9.17, 15) is 9.18 Å². The molecule has 1 atom stereocenters. The van der Waals surface area contributed by atoms with Gasteiger partial charge >= 0.3 is 0 Å². The molecule has 0 fully saturated rings. The molecule has 0 radical (unpaired) electrons. The Morgan fingerprint density at radius 2 is 2.07 bits per heavy atom. The fourth-order valence-electron chi connectivity index (χ4n) is 3.51. The first-order valence-corrected chi connectivity index (χ1v) is 9.09. The fraction of sp³-hybridized carbons (Fsp3) is 0.250. The average molecular weight is 385 g/mol. The van der Waals surface area contributed by atoms with Crippen molar-refractivity contribution in [2.75, 3.05) is 6.54 Å². The van der Waals surface area contributed by atoms with E-state index < -0.39 is 0 Å². The zero-order chi connectivity index (χ0) is 19.1. The lowest BCUT2D eigenvalue weighted by Crippen LogP contribution is -2.39. The van der Waals surface area contributed by atoms with Gasteiger partial charge in [0, 0.05) is 13.0 Å². The number of nitrogens with zero attached hydrogens (tertiary/aromatic N) is 4. The van der Waals surface area contributed by atoms with Crippen molar-refractivity contribution >= 4 is 17.5 Å². The number of fused-ring (bicyclic) bond motifs is 1. The first kappa shape index (κ1) is 17.7. The van der Waals surface area contributed by atoms with Gasteiger partial charge in [0.25, 0.3) is 5.91 Å². The molecule has 0 spiro atoms. The summed E-state index contributed by atoms with van der Waals surface area (Å²) in [5.41, 5.74) is 3.19. The molecule has 27 heavy (non-hydrogen) atoms. The topological polar surface area (TPSA) is 51.0 Å². The van der Waals surface area contributed by atoms with Gasteiger partial charge in [-0.05, 0) is 37.6 Å². The van der Waals surface area contributed by atoms with Gasteiger partial charge in [-0.1, -0.05) is 23.7 Å². The van der Waals surface area contributed by atoms with Crippen LogP contribution in [-0.2, 0) is 6.42 Å². The van der Waals surface area contributed by atoms with E-state index in [-0.39, 0.29) is 17.8 Å². The van der Waals surface area contributed by atoms with Gasteiger partial charge in [0.15, 0.2) is 0 Å². The van der Waals surface area contributed by atoms with E-state index in [4.69, 9.17) is 11.6 Å². The fourth-order valence-corrected chi connectivity index (χ4v) is 3.71. The smallest absolute Gasteiger partial charge is 0.255 e. The molecule has 1 aliphatic rings. The van der Waals surface area contributed by atoms with Gasteiger partial charge in [-0.3, -0.25) is 9.36 Å². The van der Waals surface area contributed by atoms with Gasteiger partial charge in [-0.25, -0.2) is 14.4 Å². The molecular formula is C20H18ClFN4O. The summed E-state index contributed by atoms with van der Waals surface area (Å²) in [4.78, 5) is 23.5. The lowest BCUT2D eigenvalue weighted by molar-refractivity contribution is 0.0672. The van der Waals surface area contributed by atoms with Crippen molar-refractivity contribution in [3.8, 4) is 5.82 Å². The Bertz CT molecular complexity index is 1020. The number of imidazole rings is 1. The number of halogens is 2. The summed E-state index contributed by atoms with van der Waals surface area (Å²) < 4.78 is 15.0. The first-order chi connectivity index (χ1) is 13.0. The monoisotopic (exact) mass is 384 g/mol. The number of hydrogen-bond acceptors (Lipinski definition) is 3. The van der Waals surface area contributed by atoms with Crippen LogP contribution in [0.25, 0.3) is 5.82 Å². The van der Waals surface area contributed by atoms with E-state index in [0.29, 0.717) is 29.4 Å². The van der Waals surface area contributed by atoms with E-state index in [1.165, 1.54) is 12.3 Å². The van der Waals surface area contributed by atoms with Crippen LogP contribution >= 0.6 is 11.6 Å². The van der Waals surface area contributed by atoms with E-state index in [2.05, 4.69) is 9.97 Å². The molecule has 138 valence electrons. The molecule has 0 saturated heterocycles. The number of carbonyl (C=O) groups is 1. The highest BCUT2D eigenvalue weighted by Crippen LogP contribution is 2.32. The summed E-state index contributed by atoms with van der Waals surface area (Å²) in [5, 5.41) is 0.488. The molecule has 0 N–H and O–H groups in total. The standard InChI is InChI=1S/C20H18ClFN4O/c1-12-4-3-5-15(18(12)21)20(27)25-9-8-16-19(13(25)2)24-11-26(16)17-7-6-14(22)10-23-17/h3-7,10-11,13H,8-9H2,1-2H3/t13-/m1/s1. The SMILES string of the molecule is Cc1cccc(C(=O)N2CCc3c(ncn3-c3ccc(F)cn3)[C@H]2C)c1Cl. The highest BCUT2D eigenvalue weighted by molar-refractivity contribution is 6.34. The Morgan fingerprint density at radius 1 is 1.26 bits per heavy atom. The summed E-state index contributed by atoms with van der Waals surface area (Å²) in [6, 6.07) is 8.26. The number of carbonyl (C=O) groups excluding carboxylic acids is 1. The molecule has 0 unspecified atom stereocenters. The van der Waals surface area contributed by atoms with Gasteiger partial charge in [0.1, 0.15) is 18.0 Å². The molecular weight excluding hydrogens is 367 g/mol. The van der Waals surface area contributed by atoms with Crippen molar-refractivity contribution in [3.63, 3.8) is 0 Å². The second-order valence-corrected chi connectivity index (χ2v) is 7.02. The lowest BCUT2D eigenvalue weighted by atomic mass is 10.0. The average Bonchev–Trinajstić information content (AvgIpc) is 3.09. The quantitative estimate of drug-likeness (QED) is 0.667. The molecule has 3 heterocycles. The number of pyridine rings is 1. The number of amides is 1. The van der Waals surface area contributed by atoms with E-state index >= 15 is 0 Å². The lowest BCUT2D eigenvalue weighted by Gasteiger charge is -2.33. The van der Waals surface area contributed by atoms with E-state index in [0.717, 1.165) is 17.0 Å². The van der Waals surface area contributed by atoms with Crippen LogP contribution in [0, 0.1) is 12.7 Å². The van der Waals surface area contributed by atoms with Crippen LogP contribution in [-0.4, -0.2) is 31.9 Å². The van der Waals surface area contributed by atoms with Crippen LogP contribution < -0.4 is 0 Å². The molecule has 2 aromatic heterocycles. The van der Waals surface area contributed by atoms with Crippen LogP contribution in [0.4, 0.5) is 4.39 Å². The highest BCUT2D eigenvalue weighted by Gasteiger charge is 2.32. The number of aryl methyl sites for hydroxylation is 1. The number of hydrogen-bond donors (Lipinski definition) is 0. The molecule has 0 aliphatic carbocycles. The normalized spacial score (nSPS) is 16.3. The third-order valence-electron chi connectivity index (χ3n) is 4.99. The van der Waals surface area contributed by atoms with Crippen molar-refractivity contribution in [1.82, 2.24) is 19.4 Å². The number of aromatic nitrogens is 3. The van der Waals surface area contributed by atoms with Gasteiger partial charge in [-0.2, -0.15) is 0 Å².